The molecule has 0 bridgehead atoms. The van der Waals surface area contributed by atoms with E-state index < -0.39 is 0 Å². The van der Waals surface area contributed by atoms with Crippen molar-refractivity contribution >= 4 is 34.1 Å². The third-order valence-electron chi connectivity index (χ3n) is 4.82. The van der Waals surface area contributed by atoms with Gasteiger partial charge in [-0.1, -0.05) is 17.7 Å². The maximum atomic E-state index is 12.8. The van der Waals surface area contributed by atoms with Crippen molar-refractivity contribution in [2.75, 3.05) is 38.2 Å². The highest BCUT2D eigenvalue weighted by Gasteiger charge is 2.23. The molecule has 1 aliphatic heterocycles. The van der Waals surface area contributed by atoms with E-state index >= 15 is 0 Å². The van der Waals surface area contributed by atoms with Crippen LogP contribution in [0.1, 0.15) is 10.5 Å². The molecule has 6 heteroatoms. The lowest BCUT2D eigenvalue weighted by Gasteiger charge is -2.36. The molecule has 1 aliphatic rings. The summed E-state index contributed by atoms with van der Waals surface area (Å²) in [5, 5.41) is 1.65. The van der Waals surface area contributed by atoms with Crippen LogP contribution >= 0.6 is 11.6 Å². The second-order valence-electron chi connectivity index (χ2n) is 6.39. The van der Waals surface area contributed by atoms with Gasteiger partial charge in [-0.05, 0) is 42.5 Å². The van der Waals surface area contributed by atoms with E-state index in [0.29, 0.717) is 23.8 Å². The minimum Gasteiger partial charge on any atom is -0.497 e. The van der Waals surface area contributed by atoms with E-state index in [1.165, 1.54) is 0 Å². The fourth-order valence-electron chi connectivity index (χ4n) is 3.35. The molecule has 1 aromatic heterocycles. The molecule has 0 saturated carbocycles. The Morgan fingerprint density at radius 3 is 2.46 bits per heavy atom. The van der Waals surface area contributed by atoms with Gasteiger partial charge in [0.15, 0.2) is 0 Å². The topological polar surface area (TPSA) is 48.6 Å². The largest absolute Gasteiger partial charge is 0.497 e. The molecule has 0 spiro atoms. The number of rotatable bonds is 3. The van der Waals surface area contributed by atoms with Crippen LogP contribution in [0, 0.1) is 0 Å². The zero-order valence-corrected chi connectivity index (χ0v) is 15.3. The second kappa shape index (κ2) is 6.92. The summed E-state index contributed by atoms with van der Waals surface area (Å²) < 4.78 is 5.20. The van der Waals surface area contributed by atoms with Crippen molar-refractivity contribution in [3.8, 4) is 5.75 Å². The molecular weight excluding hydrogens is 350 g/mol. The molecule has 1 fully saturated rings. The first kappa shape index (κ1) is 16.8. The normalized spacial score (nSPS) is 14.7. The Labute approximate surface area is 157 Å². The van der Waals surface area contributed by atoms with Crippen molar-refractivity contribution < 1.29 is 9.53 Å². The summed E-state index contributed by atoms with van der Waals surface area (Å²) in [6.07, 6.45) is 0. The number of aromatic amines is 1. The maximum Gasteiger partial charge on any atom is 0.270 e. The van der Waals surface area contributed by atoms with Gasteiger partial charge in [0.25, 0.3) is 5.91 Å². The van der Waals surface area contributed by atoms with Crippen molar-refractivity contribution in [3.63, 3.8) is 0 Å². The first-order valence-corrected chi connectivity index (χ1v) is 8.98. The number of amides is 1. The minimum atomic E-state index is 0.0340. The van der Waals surface area contributed by atoms with Crippen LogP contribution in [-0.2, 0) is 0 Å². The number of halogens is 1. The van der Waals surface area contributed by atoms with E-state index in [1.54, 1.807) is 7.11 Å². The van der Waals surface area contributed by atoms with E-state index in [4.69, 9.17) is 16.3 Å². The van der Waals surface area contributed by atoms with Crippen LogP contribution in [0.3, 0.4) is 0 Å². The fraction of sp³-hybridized carbons (Fsp3) is 0.250. The molecule has 0 unspecified atom stereocenters. The summed E-state index contributed by atoms with van der Waals surface area (Å²) in [5.41, 5.74) is 2.65. The average molecular weight is 370 g/mol. The van der Waals surface area contributed by atoms with E-state index in [9.17, 15) is 4.79 Å². The standard InChI is InChI=1S/C20H20ClN3O2/c1-26-17-6-4-16(5-7-17)23-8-10-24(11-9-23)20(25)19-12-14-2-3-15(21)13-18(14)22-19/h2-7,12-13,22H,8-11H2,1H3. The summed E-state index contributed by atoms with van der Waals surface area (Å²) in [6.45, 7) is 3.01. The van der Waals surface area contributed by atoms with Crippen molar-refractivity contribution in [1.29, 1.82) is 0 Å². The number of anilines is 1. The van der Waals surface area contributed by atoms with E-state index in [-0.39, 0.29) is 5.91 Å². The Morgan fingerprint density at radius 2 is 1.77 bits per heavy atom. The molecule has 2 aromatic carbocycles. The SMILES string of the molecule is COc1ccc(N2CCN(C(=O)c3cc4ccc(Cl)cc4[nH]3)CC2)cc1. The van der Waals surface area contributed by atoms with Crippen LogP contribution in [0.4, 0.5) is 5.69 Å². The number of carbonyl (C=O) groups is 1. The molecule has 2 heterocycles. The summed E-state index contributed by atoms with van der Waals surface area (Å²) in [4.78, 5) is 20.2. The van der Waals surface area contributed by atoms with Crippen molar-refractivity contribution in [2.45, 2.75) is 0 Å². The molecular formula is C20H20ClN3O2. The molecule has 1 saturated heterocycles. The van der Waals surface area contributed by atoms with E-state index in [0.717, 1.165) is 35.4 Å². The van der Waals surface area contributed by atoms with Crippen molar-refractivity contribution in [1.82, 2.24) is 9.88 Å². The third-order valence-corrected chi connectivity index (χ3v) is 5.05. The Balaban J connectivity index is 1.43. The maximum absolute atomic E-state index is 12.8. The quantitative estimate of drug-likeness (QED) is 0.764. The predicted octanol–water partition coefficient (Wildman–Crippen LogP) is 3.79. The number of carbonyl (C=O) groups excluding carboxylic acids is 1. The van der Waals surface area contributed by atoms with Crippen molar-refractivity contribution in [2.24, 2.45) is 0 Å². The molecule has 26 heavy (non-hydrogen) atoms. The van der Waals surface area contributed by atoms with Crippen LogP contribution in [0.2, 0.25) is 5.02 Å². The van der Waals surface area contributed by atoms with Gasteiger partial charge in [0, 0.05) is 47.8 Å². The zero-order chi connectivity index (χ0) is 18.1. The number of nitrogens with one attached hydrogen (secondary N) is 1. The summed E-state index contributed by atoms with van der Waals surface area (Å²) in [5.74, 6) is 0.883. The Bertz CT molecular complexity index is 928. The molecule has 134 valence electrons. The van der Waals surface area contributed by atoms with Crippen molar-refractivity contribution in [3.05, 3.63) is 59.2 Å². The number of H-pyrrole nitrogens is 1. The van der Waals surface area contributed by atoms with E-state index in [2.05, 4.69) is 22.0 Å². The fourth-order valence-corrected chi connectivity index (χ4v) is 3.52. The number of fused-ring (bicyclic) bond motifs is 1. The summed E-state index contributed by atoms with van der Waals surface area (Å²) >= 11 is 6.02. The molecule has 1 amide bonds. The number of piperazine rings is 1. The monoisotopic (exact) mass is 369 g/mol. The molecule has 3 aromatic rings. The van der Waals surface area contributed by atoms with Crippen LogP contribution in [-0.4, -0.2) is 49.1 Å². The number of aromatic nitrogens is 1. The average Bonchev–Trinajstić information content (AvgIpc) is 3.11. The van der Waals surface area contributed by atoms with Gasteiger partial charge in [0.2, 0.25) is 0 Å². The highest BCUT2D eigenvalue weighted by atomic mass is 35.5. The van der Waals surface area contributed by atoms with Gasteiger partial charge < -0.3 is 19.5 Å². The number of benzene rings is 2. The number of nitrogens with zero attached hydrogens (tertiary/aromatic N) is 2. The molecule has 5 nitrogen and oxygen atoms in total. The van der Waals surface area contributed by atoms with E-state index in [1.807, 2.05) is 41.3 Å². The predicted molar refractivity (Wildman–Crippen MR) is 104 cm³/mol. The first-order chi connectivity index (χ1) is 12.6. The van der Waals surface area contributed by atoms with Gasteiger partial charge in [0.1, 0.15) is 11.4 Å². The molecule has 4 rings (SSSR count). The Hall–Kier alpha value is -2.66. The van der Waals surface area contributed by atoms with Crippen LogP contribution in [0.5, 0.6) is 5.75 Å². The first-order valence-electron chi connectivity index (χ1n) is 8.60. The van der Waals surface area contributed by atoms with Gasteiger partial charge >= 0.3 is 0 Å². The third kappa shape index (κ3) is 3.22. The van der Waals surface area contributed by atoms with Crippen LogP contribution in [0.25, 0.3) is 10.9 Å². The lowest BCUT2D eigenvalue weighted by molar-refractivity contribution is 0.0742. The van der Waals surface area contributed by atoms with Gasteiger partial charge in [-0.3, -0.25) is 4.79 Å². The smallest absolute Gasteiger partial charge is 0.270 e. The minimum absolute atomic E-state index is 0.0340. The lowest BCUT2D eigenvalue weighted by Crippen LogP contribution is -2.48. The number of hydrogen-bond acceptors (Lipinski definition) is 3. The Morgan fingerprint density at radius 1 is 1.04 bits per heavy atom. The highest BCUT2D eigenvalue weighted by Crippen LogP contribution is 2.23. The van der Waals surface area contributed by atoms with Crippen LogP contribution < -0.4 is 9.64 Å². The number of methoxy groups -OCH3 is 1. The summed E-state index contributed by atoms with van der Waals surface area (Å²) in [6, 6.07) is 15.5. The lowest BCUT2D eigenvalue weighted by atomic mass is 10.2. The highest BCUT2D eigenvalue weighted by molar-refractivity contribution is 6.31. The van der Waals surface area contributed by atoms with Gasteiger partial charge in [-0.2, -0.15) is 0 Å². The molecule has 1 N–H and O–H groups in total. The number of hydrogen-bond donors (Lipinski definition) is 1. The van der Waals surface area contributed by atoms with Crippen LogP contribution in [0.15, 0.2) is 48.5 Å². The van der Waals surface area contributed by atoms with Gasteiger partial charge in [-0.15, -0.1) is 0 Å². The van der Waals surface area contributed by atoms with Gasteiger partial charge in [-0.25, -0.2) is 0 Å². The molecule has 0 aliphatic carbocycles. The zero-order valence-electron chi connectivity index (χ0n) is 14.5. The summed E-state index contributed by atoms with van der Waals surface area (Å²) in [7, 11) is 1.66. The number of ether oxygens (including phenoxy) is 1. The Kier molecular flexibility index (Phi) is 4.47. The second-order valence-corrected chi connectivity index (χ2v) is 6.83. The van der Waals surface area contributed by atoms with Gasteiger partial charge in [0.05, 0.1) is 7.11 Å². The molecule has 0 radical (unpaired) electrons. The molecule has 0 atom stereocenters.